The van der Waals surface area contributed by atoms with Crippen molar-refractivity contribution in [1.82, 2.24) is 10.6 Å². The normalized spacial score (nSPS) is 12.2. The molecule has 8 heteroatoms. The van der Waals surface area contributed by atoms with Crippen LogP contribution in [-0.2, 0) is 6.54 Å². The van der Waals surface area contributed by atoms with E-state index in [0.717, 1.165) is 6.54 Å². The number of aryl methyl sites for hydroxylation is 1. The fourth-order valence-electron chi connectivity index (χ4n) is 2.07. The van der Waals surface area contributed by atoms with E-state index < -0.39 is 6.10 Å². The van der Waals surface area contributed by atoms with Crippen LogP contribution in [0.1, 0.15) is 16.7 Å². The van der Waals surface area contributed by atoms with E-state index in [-0.39, 0.29) is 36.4 Å². The number of nitrogens with one attached hydrogen (secondary N) is 2. The summed E-state index contributed by atoms with van der Waals surface area (Å²) >= 11 is 1.72. The molecule has 0 spiro atoms. The van der Waals surface area contributed by atoms with E-state index >= 15 is 0 Å². The van der Waals surface area contributed by atoms with Gasteiger partial charge in [-0.05, 0) is 50.2 Å². The van der Waals surface area contributed by atoms with Crippen LogP contribution in [0.25, 0.3) is 0 Å². The zero-order chi connectivity index (χ0) is 18.1. The molecule has 0 aliphatic heterocycles. The number of halogens is 2. The van der Waals surface area contributed by atoms with Crippen molar-refractivity contribution in [3.05, 3.63) is 52.0 Å². The lowest BCUT2D eigenvalue weighted by Crippen LogP contribution is -2.42. The molecule has 1 aromatic heterocycles. The van der Waals surface area contributed by atoms with Gasteiger partial charge in [0.2, 0.25) is 0 Å². The molecule has 0 aliphatic carbocycles. The topological polar surface area (TPSA) is 65.9 Å². The number of hydrogen-bond donors (Lipinski definition) is 3. The predicted octanol–water partition coefficient (Wildman–Crippen LogP) is 3.31. The average Bonchev–Trinajstić information content (AvgIpc) is 3.02. The Kier molecular flexibility index (Phi) is 10.5. The molecule has 0 amide bonds. The Labute approximate surface area is 174 Å². The van der Waals surface area contributed by atoms with E-state index in [2.05, 4.69) is 34.7 Å². The summed E-state index contributed by atoms with van der Waals surface area (Å²) in [5.74, 6) is 0.852. The summed E-state index contributed by atoms with van der Waals surface area (Å²) in [7, 11) is 0. The van der Waals surface area contributed by atoms with Crippen LogP contribution < -0.4 is 15.4 Å². The standard InChI is InChI=1S/C18H24FN3O2S.HI/c1-3-20-18(22-11-17-9-4-13(2)25-17)21-10-15(23)12-24-16-7-5-14(19)6-8-16;/h4-9,15,23H,3,10-12H2,1-2H3,(H2,20,21,22);1H. The van der Waals surface area contributed by atoms with E-state index in [1.54, 1.807) is 11.3 Å². The van der Waals surface area contributed by atoms with Crippen molar-refractivity contribution < 1.29 is 14.2 Å². The molecule has 144 valence electrons. The fourth-order valence-corrected chi connectivity index (χ4v) is 2.88. The number of guanidine groups is 1. The number of ether oxygens (including phenoxy) is 1. The van der Waals surface area contributed by atoms with Gasteiger partial charge in [0.25, 0.3) is 0 Å². The minimum atomic E-state index is -0.710. The van der Waals surface area contributed by atoms with Crippen LogP contribution in [0.15, 0.2) is 41.4 Å². The molecule has 3 N–H and O–H groups in total. The molecule has 0 radical (unpaired) electrons. The zero-order valence-electron chi connectivity index (χ0n) is 14.9. The molecular formula is C18H25FIN3O2S. The van der Waals surface area contributed by atoms with E-state index in [1.807, 2.05) is 6.92 Å². The molecule has 0 aliphatic rings. The number of hydrogen-bond acceptors (Lipinski definition) is 4. The number of aliphatic hydroxyl groups excluding tert-OH is 1. The largest absolute Gasteiger partial charge is 0.491 e. The lowest BCUT2D eigenvalue weighted by Gasteiger charge is -2.16. The Morgan fingerprint density at radius 3 is 2.58 bits per heavy atom. The molecule has 26 heavy (non-hydrogen) atoms. The molecule has 1 heterocycles. The number of rotatable bonds is 8. The highest BCUT2D eigenvalue weighted by molar-refractivity contribution is 14.0. The van der Waals surface area contributed by atoms with Gasteiger partial charge in [-0.1, -0.05) is 0 Å². The summed E-state index contributed by atoms with van der Waals surface area (Å²) < 4.78 is 18.3. The van der Waals surface area contributed by atoms with Crippen molar-refractivity contribution in [3.63, 3.8) is 0 Å². The van der Waals surface area contributed by atoms with Gasteiger partial charge in [0, 0.05) is 22.8 Å². The van der Waals surface area contributed by atoms with Crippen LogP contribution in [-0.4, -0.2) is 36.9 Å². The lowest BCUT2D eigenvalue weighted by molar-refractivity contribution is 0.110. The van der Waals surface area contributed by atoms with Crippen LogP contribution in [0, 0.1) is 12.7 Å². The zero-order valence-corrected chi connectivity index (χ0v) is 18.0. The number of aliphatic imine (C=N–C) groups is 1. The van der Waals surface area contributed by atoms with Crippen molar-refractivity contribution in [1.29, 1.82) is 0 Å². The van der Waals surface area contributed by atoms with Crippen LogP contribution in [0.5, 0.6) is 5.75 Å². The third kappa shape index (κ3) is 8.33. The Balaban J connectivity index is 0.00000338. The minimum Gasteiger partial charge on any atom is -0.491 e. The van der Waals surface area contributed by atoms with Crippen LogP contribution in [0.2, 0.25) is 0 Å². The second-order valence-corrected chi connectivity index (χ2v) is 6.88. The first-order chi connectivity index (χ1) is 12.1. The molecule has 1 unspecified atom stereocenters. The summed E-state index contributed by atoms with van der Waals surface area (Å²) in [5, 5.41) is 16.3. The van der Waals surface area contributed by atoms with Crippen LogP contribution in [0.4, 0.5) is 4.39 Å². The number of benzene rings is 1. The molecule has 2 rings (SSSR count). The molecular weight excluding hydrogens is 468 g/mol. The highest BCUT2D eigenvalue weighted by atomic mass is 127. The second-order valence-electron chi connectivity index (χ2n) is 5.51. The summed E-state index contributed by atoms with van der Waals surface area (Å²) in [6.45, 7) is 5.80. The Hall–Kier alpha value is -1.39. The maximum Gasteiger partial charge on any atom is 0.191 e. The Bertz CT molecular complexity index is 679. The fraction of sp³-hybridized carbons (Fsp3) is 0.389. The first-order valence-electron chi connectivity index (χ1n) is 8.20. The van der Waals surface area contributed by atoms with E-state index in [9.17, 15) is 9.50 Å². The molecule has 1 atom stereocenters. The summed E-state index contributed by atoms with van der Waals surface area (Å²) in [6, 6.07) is 9.85. The molecule has 5 nitrogen and oxygen atoms in total. The van der Waals surface area contributed by atoms with Gasteiger partial charge in [-0.25, -0.2) is 9.38 Å². The van der Waals surface area contributed by atoms with E-state index in [4.69, 9.17) is 4.74 Å². The third-order valence-corrected chi connectivity index (χ3v) is 4.28. The first kappa shape index (κ1) is 22.7. The lowest BCUT2D eigenvalue weighted by atomic mass is 10.3. The Morgan fingerprint density at radius 2 is 1.96 bits per heavy atom. The maximum atomic E-state index is 12.8. The van der Waals surface area contributed by atoms with Crippen molar-refractivity contribution in [2.75, 3.05) is 19.7 Å². The van der Waals surface area contributed by atoms with Gasteiger partial charge in [0.1, 0.15) is 24.3 Å². The molecule has 0 fully saturated rings. The van der Waals surface area contributed by atoms with E-state index in [0.29, 0.717) is 24.8 Å². The van der Waals surface area contributed by atoms with Crippen molar-refractivity contribution in [2.24, 2.45) is 4.99 Å². The van der Waals surface area contributed by atoms with Crippen LogP contribution in [0.3, 0.4) is 0 Å². The van der Waals surface area contributed by atoms with Crippen molar-refractivity contribution in [2.45, 2.75) is 26.5 Å². The van der Waals surface area contributed by atoms with Crippen molar-refractivity contribution in [3.8, 4) is 5.75 Å². The molecule has 0 bridgehead atoms. The van der Waals surface area contributed by atoms with Gasteiger partial charge < -0.3 is 20.5 Å². The van der Waals surface area contributed by atoms with Crippen molar-refractivity contribution >= 4 is 41.3 Å². The van der Waals surface area contributed by atoms with Gasteiger partial charge in [-0.3, -0.25) is 0 Å². The van der Waals surface area contributed by atoms with Gasteiger partial charge in [-0.2, -0.15) is 0 Å². The molecule has 0 saturated carbocycles. The van der Waals surface area contributed by atoms with Gasteiger partial charge in [0.15, 0.2) is 5.96 Å². The van der Waals surface area contributed by atoms with Gasteiger partial charge in [0.05, 0.1) is 6.54 Å². The highest BCUT2D eigenvalue weighted by Gasteiger charge is 2.07. The summed E-state index contributed by atoms with van der Waals surface area (Å²) in [4.78, 5) is 6.96. The summed E-state index contributed by atoms with van der Waals surface area (Å²) in [6.07, 6.45) is -0.710. The number of nitrogens with zero attached hydrogens (tertiary/aromatic N) is 1. The van der Waals surface area contributed by atoms with Crippen LogP contribution >= 0.6 is 35.3 Å². The van der Waals surface area contributed by atoms with E-state index in [1.165, 1.54) is 34.0 Å². The van der Waals surface area contributed by atoms with Gasteiger partial charge in [-0.15, -0.1) is 35.3 Å². The monoisotopic (exact) mass is 493 g/mol. The predicted molar refractivity (Wildman–Crippen MR) is 115 cm³/mol. The second kappa shape index (κ2) is 12.1. The number of aliphatic hydroxyl groups is 1. The van der Waals surface area contributed by atoms with Gasteiger partial charge >= 0.3 is 0 Å². The summed E-state index contributed by atoms with van der Waals surface area (Å²) in [5.41, 5.74) is 0. The quantitative estimate of drug-likeness (QED) is 0.300. The highest BCUT2D eigenvalue weighted by Crippen LogP contribution is 2.15. The minimum absolute atomic E-state index is 0. The Morgan fingerprint density at radius 1 is 1.23 bits per heavy atom. The maximum absolute atomic E-state index is 12.8. The number of thiophene rings is 1. The SMILES string of the molecule is CCNC(=NCc1ccc(C)s1)NCC(O)COc1ccc(F)cc1.I. The molecule has 0 saturated heterocycles. The molecule has 1 aromatic carbocycles. The molecule has 2 aromatic rings. The third-order valence-electron chi connectivity index (χ3n) is 3.29. The first-order valence-corrected chi connectivity index (χ1v) is 9.02. The average molecular weight is 493 g/mol. The smallest absolute Gasteiger partial charge is 0.191 e.